The summed E-state index contributed by atoms with van der Waals surface area (Å²) in [4.78, 5) is 23.7. The molecule has 3 N–H and O–H groups in total. The molecule has 0 aliphatic rings. The third-order valence-electron chi connectivity index (χ3n) is 4.39. The molecule has 0 saturated heterocycles. The van der Waals surface area contributed by atoms with Gasteiger partial charge in [0.05, 0.1) is 11.4 Å². The summed E-state index contributed by atoms with van der Waals surface area (Å²) in [6, 6.07) is 22.8. The lowest BCUT2D eigenvalue weighted by atomic mass is 10.0. The topological polar surface area (TPSA) is 72.2 Å². The predicted octanol–water partition coefficient (Wildman–Crippen LogP) is 4.71. The third-order valence-corrected chi connectivity index (χ3v) is 4.39. The van der Waals surface area contributed by atoms with E-state index in [0.717, 1.165) is 16.7 Å². The standard InChI is InChI=1S/C23H22N2O2/c1-16(26)7-8-17-9-11-19(12-10-17)23(27)25-22-15-20(13-14-21(22)24)18-5-3-2-4-6-18/h2-6,9-15H,7-8,24H2,1H3,(H,25,27). The number of nitrogens with two attached hydrogens (primary N) is 1. The number of amides is 1. The Labute approximate surface area is 159 Å². The van der Waals surface area contributed by atoms with E-state index in [1.54, 1.807) is 25.1 Å². The van der Waals surface area contributed by atoms with E-state index in [1.165, 1.54) is 0 Å². The van der Waals surface area contributed by atoms with Crippen molar-refractivity contribution in [3.05, 3.63) is 83.9 Å². The molecule has 4 heteroatoms. The van der Waals surface area contributed by atoms with Crippen molar-refractivity contribution in [3.63, 3.8) is 0 Å². The zero-order valence-corrected chi connectivity index (χ0v) is 15.2. The Hall–Kier alpha value is -3.40. The van der Waals surface area contributed by atoms with Gasteiger partial charge in [-0.15, -0.1) is 0 Å². The fourth-order valence-electron chi connectivity index (χ4n) is 2.81. The van der Waals surface area contributed by atoms with E-state index >= 15 is 0 Å². The van der Waals surface area contributed by atoms with Crippen molar-refractivity contribution < 1.29 is 9.59 Å². The summed E-state index contributed by atoms with van der Waals surface area (Å²) in [5.41, 5.74) is 10.8. The fourth-order valence-corrected chi connectivity index (χ4v) is 2.81. The van der Waals surface area contributed by atoms with Crippen LogP contribution in [0.5, 0.6) is 0 Å². The highest BCUT2D eigenvalue weighted by Crippen LogP contribution is 2.27. The zero-order valence-electron chi connectivity index (χ0n) is 15.2. The van der Waals surface area contributed by atoms with Crippen LogP contribution in [0.3, 0.4) is 0 Å². The Balaban J connectivity index is 1.75. The first-order valence-electron chi connectivity index (χ1n) is 8.87. The van der Waals surface area contributed by atoms with Crippen molar-refractivity contribution in [1.29, 1.82) is 0 Å². The van der Waals surface area contributed by atoms with Gasteiger partial charge in [-0.1, -0.05) is 48.5 Å². The maximum atomic E-state index is 12.6. The van der Waals surface area contributed by atoms with Gasteiger partial charge in [0.2, 0.25) is 0 Å². The van der Waals surface area contributed by atoms with Crippen LogP contribution in [0.25, 0.3) is 11.1 Å². The van der Waals surface area contributed by atoms with Crippen molar-refractivity contribution in [1.82, 2.24) is 0 Å². The second-order valence-corrected chi connectivity index (χ2v) is 6.52. The van der Waals surface area contributed by atoms with Gasteiger partial charge >= 0.3 is 0 Å². The summed E-state index contributed by atoms with van der Waals surface area (Å²) < 4.78 is 0. The van der Waals surface area contributed by atoms with E-state index in [9.17, 15) is 9.59 Å². The van der Waals surface area contributed by atoms with Crippen molar-refractivity contribution >= 4 is 23.1 Å². The maximum Gasteiger partial charge on any atom is 0.255 e. The number of carbonyl (C=O) groups excluding carboxylic acids is 2. The maximum absolute atomic E-state index is 12.6. The van der Waals surface area contributed by atoms with Crippen LogP contribution < -0.4 is 11.1 Å². The van der Waals surface area contributed by atoms with Gasteiger partial charge in [-0.2, -0.15) is 0 Å². The zero-order chi connectivity index (χ0) is 19.2. The van der Waals surface area contributed by atoms with Crippen molar-refractivity contribution in [2.24, 2.45) is 0 Å². The van der Waals surface area contributed by atoms with Gasteiger partial charge in [0, 0.05) is 12.0 Å². The molecule has 0 aliphatic carbocycles. The monoisotopic (exact) mass is 358 g/mol. The minimum Gasteiger partial charge on any atom is -0.397 e. The Morgan fingerprint density at radius 3 is 2.26 bits per heavy atom. The summed E-state index contributed by atoms with van der Waals surface area (Å²) in [7, 11) is 0. The summed E-state index contributed by atoms with van der Waals surface area (Å²) >= 11 is 0. The number of hydrogen-bond donors (Lipinski definition) is 2. The molecule has 0 spiro atoms. The number of anilines is 2. The molecule has 0 unspecified atom stereocenters. The lowest BCUT2D eigenvalue weighted by Gasteiger charge is -2.11. The Kier molecular flexibility index (Phi) is 5.67. The van der Waals surface area contributed by atoms with Gasteiger partial charge in [0.15, 0.2) is 0 Å². The molecule has 0 aromatic heterocycles. The average molecular weight is 358 g/mol. The van der Waals surface area contributed by atoms with Crippen LogP contribution in [0.2, 0.25) is 0 Å². The molecule has 0 aliphatic heterocycles. The molecular formula is C23H22N2O2. The van der Waals surface area contributed by atoms with Crippen molar-refractivity contribution in [3.8, 4) is 11.1 Å². The Bertz CT molecular complexity index is 948. The number of nitrogen functional groups attached to an aromatic ring is 1. The van der Waals surface area contributed by atoms with E-state index in [0.29, 0.717) is 29.8 Å². The van der Waals surface area contributed by atoms with Gasteiger partial charge in [0.1, 0.15) is 5.78 Å². The molecule has 0 radical (unpaired) electrons. The predicted molar refractivity (Wildman–Crippen MR) is 110 cm³/mol. The minimum atomic E-state index is -0.218. The van der Waals surface area contributed by atoms with E-state index in [4.69, 9.17) is 5.73 Å². The average Bonchev–Trinajstić information content (AvgIpc) is 2.69. The SMILES string of the molecule is CC(=O)CCc1ccc(C(=O)Nc2cc(-c3ccccc3)ccc2N)cc1. The molecule has 3 rings (SSSR count). The van der Waals surface area contributed by atoms with Crippen molar-refractivity contribution in [2.75, 3.05) is 11.1 Å². The lowest BCUT2D eigenvalue weighted by molar-refractivity contribution is -0.116. The van der Waals surface area contributed by atoms with E-state index in [2.05, 4.69) is 5.32 Å². The number of rotatable bonds is 6. The van der Waals surface area contributed by atoms with Gasteiger partial charge < -0.3 is 15.8 Å². The number of aryl methyl sites for hydroxylation is 1. The molecule has 136 valence electrons. The van der Waals surface area contributed by atoms with E-state index in [1.807, 2.05) is 54.6 Å². The lowest BCUT2D eigenvalue weighted by Crippen LogP contribution is -2.13. The number of Topliss-reactive ketones (excluding diaryl/α,β-unsaturated/α-hetero) is 1. The van der Waals surface area contributed by atoms with Crippen LogP contribution in [-0.2, 0) is 11.2 Å². The van der Waals surface area contributed by atoms with E-state index in [-0.39, 0.29) is 11.7 Å². The highest BCUT2D eigenvalue weighted by atomic mass is 16.1. The van der Waals surface area contributed by atoms with Crippen LogP contribution >= 0.6 is 0 Å². The second kappa shape index (κ2) is 8.32. The van der Waals surface area contributed by atoms with Crippen LogP contribution in [0.1, 0.15) is 29.3 Å². The fraction of sp³-hybridized carbons (Fsp3) is 0.130. The van der Waals surface area contributed by atoms with Gasteiger partial charge in [0.25, 0.3) is 5.91 Å². The molecule has 0 heterocycles. The Morgan fingerprint density at radius 2 is 1.59 bits per heavy atom. The highest BCUT2D eigenvalue weighted by molar-refractivity contribution is 6.06. The quantitative estimate of drug-likeness (QED) is 0.627. The summed E-state index contributed by atoms with van der Waals surface area (Å²) in [6.07, 6.45) is 1.19. The van der Waals surface area contributed by atoms with Crippen molar-refractivity contribution in [2.45, 2.75) is 19.8 Å². The number of carbonyl (C=O) groups is 2. The molecular weight excluding hydrogens is 336 g/mol. The molecule has 0 bridgehead atoms. The molecule has 0 fully saturated rings. The normalized spacial score (nSPS) is 10.4. The molecule has 0 saturated carbocycles. The van der Waals surface area contributed by atoms with Gasteiger partial charge in [-0.3, -0.25) is 4.79 Å². The third kappa shape index (κ3) is 4.82. The second-order valence-electron chi connectivity index (χ2n) is 6.52. The van der Waals surface area contributed by atoms with Crippen LogP contribution in [0.4, 0.5) is 11.4 Å². The first-order valence-corrected chi connectivity index (χ1v) is 8.87. The molecule has 27 heavy (non-hydrogen) atoms. The largest absolute Gasteiger partial charge is 0.397 e. The first-order chi connectivity index (χ1) is 13.0. The Morgan fingerprint density at radius 1 is 0.889 bits per heavy atom. The number of ketones is 1. The van der Waals surface area contributed by atoms with Gasteiger partial charge in [-0.25, -0.2) is 0 Å². The van der Waals surface area contributed by atoms with E-state index < -0.39 is 0 Å². The summed E-state index contributed by atoms with van der Waals surface area (Å²) in [6.45, 7) is 1.58. The smallest absolute Gasteiger partial charge is 0.255 e. The molecule has 0 atom stereocenters. The molecule has 3 aromatic carbocycles. The number of nitrogens with one attached hydrogen (secondary N) is 1. The molecule has 4 nitrogen and oxygen atoms in total. The van der Waals surface area contributed by atoms with Gasteiger partial charge in [-0.05, 0) is 54.3 Å². The minimum absolute atomic E-state index is 0.158. The van der Waals surface area contributed by atoms with Crippen LogP contribution in [-0.4, -0.2) is 11.7 Å². The summed E-state index contributed by atoms with van der Waals surface area (Å²) in [5, 5.41) is 2.89. The number of benzene rings is 3. The highest BCUT2D eigenvalue weighted by Gasteiger charge is 2.10. The summed E-state index contributed by atoms with van der Waals surface area (Å²) in [5.74, 6) is -0.0596. The molecule has 3 aromatic rings. The molecule has 1 amide bonds. The first kappa shape index (κ1) is 18.4. The van der Waals surface area contributed by atoms with Crippen LogP contribution in [0.15, 0.2) is 72.8 Å². The van der Waals surface area contributed by atoms with Crippen LogP contribution in [0, 0.1) is 0 Å². The number of hydrogen-bond acceptors (Lipinski definition) is 3.